The van der Waals surface area contributed by atoms with Gasteiger partial charge in [-0.15, -0.1) is 0 Å². The van der Waals surface area contributed by atoms with E-state index >= 15 is 0 Å². The second-order valence-electron chi connectivity index (χ2n) is 2.07. The summed E-state index contributed by atoms with van der Waals surface area (Å²) in [4.78, 5) is 3.85. The topological polar surface area (TPSA) is 12.4 Å². The van der Waals surface area contributed by atoms with Crippen LogP contribution >= 0.6 is 0 Å². The lowest BCUT2D eigenvalue weighted by atomic mass is 10.2. The molecule has 0 aliphatic heterocycles. The van der Waals surface area contributed by atoms with Crippen molar-refractivity contribution >= 4 is 6.21 Å². The largest absolute Gasteiger partial charge is 0.301 e. The molecule has 0 spiro atoms. The first-order chi connectivity index (χ1) is 3.27. The Morgan fingerprint density at radius 2 is 2.14 bits per heavy atom. The number of hydrogen-bond acceptors (Lipinski definition) is 1. The molecule has 0 heterocycles. The van der Waals surface area contributed by atoms with Gasteiger partial charge in [0.1, 0.15) is 0 Å². The van der Waals surface area contributed by atoms with Gasteiger partial charge in [-0.25, -0.2) is 0 Å². The van der Waals surface area contributed by atoms with E-state index in [2.05, 4.69) is 18.8 Å². The van der Waals surface area contributed by atoms with Gasteiger partial charge in [0.25, 0.3) is 0 Å². The molecule has 0 N–H and O–H groups in total. The highest BCUT2D eigenvalue weighted by Gasteiger charge is 1.84. The van der Waals surface area contributed by atoms with Crippen molar-refractivity contribution in [2.45, 2.75) is 20.3 Å². The minimum Gasteiger partial charge on any atom is -0.301 e. The summed E-state index contributed by atoms with van der Waals surface area (Å²) in [6.07, 6.45) is 3.06. The van der Waals surface area contributed by atoms with Crippen molar-refractivity contribution in [2.24, 2.45) is 10.9 Å². The molecule has 0 unspecified atom stereocenters. The van der Waals surface area contributed by atoms with E-state index in [-0.39, 0.29) is 0 Å². The number of aliphatic imine (C=N–C) groups is 1. The summed E-state index contributed by atoms with van der Waals surface area (Å²) in [6.45, 7) is 4.36. The fraction of sp³-hybridized carbons (Fsp3) is 0.833. The Morgan fingerprint density at radius 3 is 2.29 bits per heavy atom. The summed E-state index contributed by atoms with van der Waals surface area (Å²) in [5, 5.41) is 0. The van der Waals surface area contributed by atoms with Crippen LogP contribution in [0, 0.1) is 5.92 Å². The second-order valence-corrected chi connectivity index (χ2v) is 2.07. The van der Waals surface area contributed by atoms with E-state index < -0.39 is 0 Å². The van der Waals surface area contributed by atoms with Gasteiger partial charge in [0, 0.05) is 7.05 Å². The molecule has 0 fully saturated rings. The molecule has 0 amide bonds. The molecule has 7 heavy (non-hydrogen) atoms. The highest BCUT2D eigenvalue weighted by molar-refractivity contribution is 5.56. The molecule has 0 aromatic rings. The lowest BCUT2D eigenvalue weighted by molar-refractivity contribution is 0.690. The molecule has 0 atom stereocenters. The molecule has 0 rings (SSSR count). The summed E-state index contributed by atoms with van der Waals surface area (Å²) in [7, 11) is 1.81. The van der Waals surface area contributed by atoms with Crippen LogP contribution in [0.5, 0.6) is 0 Å². The third-order valence-corrected chi connectivity index (χ3v) is 0.759. The highest BCUT2D eigenvalue weighted by Crippen LogP contribution is 1.93. The molecule has 1 heteroatoms. The van der Waals surface area contributed by atoms with Crippen LogP contribution in [0.25, 0.3) is 0 Å². The monoisotopic (exact) mass is 99.1 g/mol. The molecule has 0 saturated heterocycles. The summed E-state index contributed by atoms with van der Waals surface area (Å²) in [6, 6.07) is 0. The van der Waals surface area contributed by atoms with E-state index in [9.17, 15) is 0 Å². The second kappa shape index (κ2) is 3.85. The zero-order chi connectivity index (χ0) is 5.70. The molecule has 0 aromatic heterocycles. The number of hydrogen-bond donors (Lipinski definition) is 0. The van der Waals surface area contributed by atoms with Crippen molar-refractivity contribution in [3.05, 3.63) is 0 Å². The predicted octanol–water partition coefficient (Wildman–Crippen LogP) is 1.73. The normalized spacial score (nSPS) is 11.4. The van der Waals surface area contributed by atoms with E-state index in [0.717, 1.165) is 12.3 Å². The van der Waals surface area contributed by atoms with Crippen LogP contribution in [-0.4, -0.2) is 13.3 Å². The first-order valence-corrected chi connectivity index (χ1v) is 2.68. The van der Waals surface area contributed by atoms with Crippen molar-refractivity contribution in [3.63, 3.8) is 0 Å². The Hall–Kier alpha value is -0.330. The van der Waals surface area contributed by atoms with Gasteiger partial charge in [-0.2, -0.15) is 0 Å². The van der Waals surface area contributed by atoms with Crippen molar-refractivity contribution in [1.29, 1.82) is 0 Å². The quantitative estimate of drug-likeness (QED) is 0.467. The molecular weight excluding hydrogens is 86.1 g/mol. The zero-order valence-electron chi connectivity index (χ0n) is 5.31. The summed E-state index contributed by atoms with van der Waals surface area (Å²) in [5.41, 5.74) is 0. The predicted molar refractivity (Wildman–Crippen MR) is 33.9 cm³/mol. The maximum Gasteiger partial charge on any atom is 0.0273 e. The lowest BCUT2D eigenvalue weighted by Crippen LogP contribution is -1.85. The van der Waals surface area contributed by atoms with Gasteiger partial charge in [-0.05, 0) is 18.6 Å². The lowest BCUT2D eigenvalue weighted by Gasteiger charge is -1.93. The SMILES string of the molecule is CN=CCC(C)C. The summed E-state index contributed by atoms with van der Waals surface area (Å²) < 4.78 is 0. The maximum absolute atomic E-state index is 3.85. The zero-order valence-corrected chi connectivity index (χ0v) is 5.31. The summed E-state index contributed by atoms with van der Waals surface area (Å²) >= 11 is 0. The van der Waals surface area contributed by atoms with Crippen LogP contribution in [0.1, 0.15) is 20.3 Å². The molecular formula is C6H13N. The highest BCUT2D eigenvalue weighted by atomic mass is 14.6. The van der Waals surface area contributed by atoms with Gasteiger partial charge >= 0.3 is 0 Å². The van der Waals surface area contributed by atoms with Crippen LogP contribution in [0.4, 0.5) is 0 Å². The van der Waals surface area contributed by atoms with Gasteiger partial charge in [-0.3, -0.25) is 0 Å². The standard InChI is InChI=1S/C6H13N/c1-6(2)4-5-7-3/h5-6H,4H2,1-3H3. The van der Waals surface area contributed by atoms with Crippen LogP contribution in [0.15, 0.2) is 4.99 Å². The van der Waals surface area contributed by atoms with E-state index in [1.165, 1.54) is 0 Å². The Kier molecular flexibility index (Phi) is 3.67. The maximum atomic E-state index is 3.85. The third-order valence-electron chi connectivity index (χ3n) is 0.759. The van der Waals surface area contributed by atoms with Gasteiger partial charge in [0.05, 0.1) is 0 Å². The number of rotatable bonds is 2. The molecule has 0 radical (unpaired) electrons. The molecule has 0 saturated carbocycles. The van der Waals surface area contributed by atoms with Crippen LogP contribution in [0.2, 0.25) is 0 Å². The van der Waals surface area contributed by atoms with E-state index in [0.29, 0.717) is 0 Å². The fourth-order valence-corrected chi connectivity index (χ4v) is 0.316. The van der Waals surface area contributed by atoms with Gasteiger partial charge in [0.15, 0.2) is 0 Å². The first-order valence-electron chi connectivity index (χ1n) is 2.68. The van der Waals surface area contributed by atoms with Crippen LogP contribution < -0.4 is 0 Å². The Morgan fingerprint density at radius 1 is 1.57 bits per heavy atom. The minimum atomic E-state index is 0.753. The molecule has 1 nitrogen and oxygen atoms in total. The van der Waals surface area contributed by atoms with Crippen molar-refractivity contribution in [3.8, 4) is 0 Å². The first kappa shape index (κ1) is 6.67. The van der Waals surface area contributed by atoms with Gasteiger partial charge in [0.2, 0.25) is 0 Å². The van der Waals surface area contributed by atoms with Crippen LogP contribution in [0.3, 0.4) is 0 Å². The molecule has 0 aromatic carbocycles. The Balaban J connectivity index is 2.97. The van der Waals surface area contributed by atoms with Crippen molar-refractivity contribution in [1.82, 2.24) is 0 Å². The van der Waals surface area contributed by atoms with E-state index in [4.69, 9.17) is 0 Å². The van der Waals surface area contributed by atoms with Crippen LogP contribution in [-0.2, 0) is 0 Å². The van der Waals surface area contributed by atoms with Gasteiger partial charge < -0.3 is 4.99 Å². The molecule has 0 bridgehead atoms. The third kappa shape index (κ3) is 5.67. The summed E-state index contributed by atoms with van der Waals surface area (Å²) in [5.74, 6) is 0.753. The van der Waals surface area contributed by atoms with Gasteiger partial charge in [-0.1, -0.05) is 13.8 Å². The van der Waals surface area contributed by atoms with Crippen molar-refractivity contribution in [2.75, 3.05) is 7.05 Å². The molecule has 0 aliphatic carbocycles. The fourth-order valence-electron chi connectivity index (χ4n) is 0.316. The van der Waals surface area contributed by atoms with E-state index in [1.54, 1.807) is 0 Å². The van der Waals surface area contributed by atoms with Crippen molar-refractivity contribution < 1.29 is 0 Å². The Labute approximate surface area is 45.5 Å². The van der Waals surface area contributed by atoms with E-state index in [1.807, 2.05) is 13.3 Å². The average Bonchev–Trinajstić information content (AvgIpc) is 1.61. The minimum absolute atomic E-state index is 0.753. The Bertz CT molecular complexity index is 55.2. The molecule has 42 valence electrons. The molecule has 0 aliphatic rings. The smallest absolute Gasteiger partial charge is 0.0273 e. The average molecular weight is 99.2 g/mol. The number of nitrogens with zero attached hydrogens (tertiary/aromatic N) is 1.